The number of nitrogens with zero attached hydrogens (tertiary/aromatic N) is 1. The van der Waals surface area contributed by atoms with Gasteiger partial charge in [-0.15, -0.1) is 0 Å². The maximum Gasteiger partial charge on any atom is 0.136 e. The summed E-state index contributed by atoms with van der Waals surface area (Å²) in [6.45, 7) is 0. The monoisotopic (exact) mass is 383 g/mol. The molecule has 7 aromatic rings. The van der Waals surface area contributed by atoms with Crippen LogP contribution in [0.5, 0.6) is 0 Å². The normalized spacial score (nSPS) is 12.0. The Morgan fingerprint density at radius 1 is 0.500 bits per heavy atom. The van der Waals surface area contributed by atoms with Gasteiger partial charge in [0, 0.05) is 27.2 Å². The zero-order valence-corrected chi connectivity index (χ0v) is 16.2. The van der Waals surface area contributed by atoms with Crippen molar-refractivity contribution in [2.45, 2.75) is 0 Å². The fraction of sp³-hybridized carbons (Fsp3) is 0. The maximum atomic E-state index is 6.13. The molecular weight excluding hydrogens is 366 g/mol. The lowest BCUT2D eigenvalue weighted by molar-refractivity contribution is 0.669. The number of hydrogen-bond acceptors (Lipinski definition) is 1. The second kappa shape index (κ2) is 5.74. The summed E-state index contributed by atoms with van der Waals surface area (Å²) in [6.07, 6.45) is 0. The van der Waals surface area contributed by atoms with Crippen LogP contribution in [0.25, 0.3) is 60.2 Å². The van der Waals surface area contributed by atoms with E-state index in [2.05, 4.69) is 95.6 Å². The molecule has 0 amide bonds. The molecule has 0 atom stereocenters. The Morgan fingerprint density at radius 3 is 2.17 bits per heavy atom. The Morgan fingerprint density at radius 2 is 1.27 bits per heavy atom. The molecular formula is C28H17NO. The number of aromatic nitrogens is 1. The molecule has 0 radical (unpaired) electrons. The Kier molecular flexibility index (Phi) is 3.03. The van der Waals surface area contributed by atoms with Crippen LogP contribution in [-0.2, 0) is 0 Å². The molecule has 0 saturated carbocycles. The molecule has 2 heteroatoms. The summed E-state index contributed by atoms with van der Waals surface area (Å²) in [7, 11) is 0. The fourth-order valence-electron chi connectivity index (χ4n) is 4.87. The number of fused-ring (bicyclic) bond motifs is 8. The molecule has 0 spiro atoms. The fourth-order valence-corrected chi connectivity index (χ4v) is 4.87. The molecule has 0 aliphatic carbocycles. The van der Waals surface area contributed by atoms with Gasteiger partial charge in [-0.3, -0.25) is 0 Å². The van der Waals surface area contributed by atoms with E-state index in [-0.39, 0.29) is 0 Å². The zero-order chi connectivity index (χ0) is 19.7. The van der Waals surface area contributed by atoms with Gasteiger partial charge in [0.1, 0.15) is 11.2 Å². The van der Waals surface area contributed by atoms with Crippen molar-refractivity contribution in [3.8, 4) is 5.69 Å². The summed E-state index contributed by atoms with van der Waals surface area (Å²) < 4.78 is 8.49. The van der Waals surface area contributed by atoms with E-state index in [1.165, 1.54) is 49.0 Å². The van der Waals surface area contributed by atoms with Crippen molar-refractivity contribution in [1.82, 2.24) is 4.57 Å². The minimum absolute atomic E-state index is 0.937. The van der Waals surface area contributed by atoms with E-state index in [1.54, 1.807) is 0 Å². The highest BCUT2D eigenvalue weighted by Crippen LogP contribution is 2.39. The van der Waals surface area contributed by atoms with Gasteiger partial charge in [0.05, 0.1) is 11.0 Å². The van der Waals surface area contributed by atoms with Crippen LogP contribution in [0.15, 0.2) is 108 Å². The maximum absolute atomic E-state index is 6.13. The Labute approximate surface area is 172 Å². The first-order valence-corrected chi connectivity index (χ1v) is 10.2. The summed E-state index contributed by atoms with van der Waals surface area (Å²) in [4.78, 5) is 0. The molecule has 0 aliphatic heterocycles. The summed E-state index contributed by atoms with van der Waals surface area (Å²) in [5, 5.41) is 7.36. The van der Waals surface area contributed by atoms with Crippen molar-refractivity contribution in [3.05, 3.63) is 103 Å². The van der Waals surface area contributed by atoms with Gasteiger partial charge in [-0.25, -0.2) is 0 Å². The number of rotatable bonds is 1. The minimum Gasteiger partial charge on any atom is -0.456 e. The van der Waals surface area contributed by atoms with Gasteiger partial charge in [0.25, 0.3) is 0 Å². The highest BCUT2D eigenvalue weighted by atomic mass is 16.3. The third-order valence-corrected chi connectivity index (χ3v) is 6.16. The highest BCUT2D eigenvalue weighted by molar-refractivity contribution is 6.23. The van der Waals surface area contributed by atoms with Gasteiger partial charge in [-0.05, 0) is 53.2 Å². The van der Waals surface area contributed by atoms with Gasteiger partial charge in [0.2, 0.25) is 0 Å². The van der Waals surface area contributed by atoms with E-state index in [4.69, 9.17) is 4.42 Å². The average molecular weight is 383 g/mol. The second-order valence-electron chi connectivity index (χ2n) is 7.82. The number of benzene rings is 5. The van der Waals surface area contributed by atoms with E-state index in [0.29, 0.717) is 0 Å². The SMILES string of the molecule is c1ccc(-n2c3ccccc3c3cc4c(ccc5oc6ccccc6c54)cc32)cc1. The third kappa shape index (κ3) is 2.03. The van der Waals surface area contributed by atoms with Gasteiger partial charge >= 0.3 is 0 Å². The van der Waals surface area contributed by atoms with Gasteiger partial charge in [-0.1, -0.05) is 60.7 Å². The molecule has 0 saturated heterocycles. The summed E-state index contributed by atoms with van der Waals surface area (Å²) in [5.41, 5.74) is 5.50. The molecule has 30 heavy (non-hydrogen) atoms. The first kappa shape index (κ1) is 15.8. The number of furan rings is 1. The van der Waals surface area contributed by atoms with Gasteiger partial charge < -0.3 is 8.98 Å². The van der Waals surface area contributed by atoms with Crippen molar-refractivity contribution in [2.75, 3.05) is 0 Å². The minimum atomic E-state index is 0.937. The van der Waals surface area contributed by atoms with Crippen LogP contribution in [0, 0.1) is 0 Å². The first-order valence-electron chi connectivity index (χ1n) is 10.2. The Balaban J connectivity index is 1.71. The number of hydrogen-bond donors (Lipinski definition) is 0. The molecule has 2 aromatic heterocycles. The van der Waals surface area contributed by atoms with E-state index < -0.39 is 0 Å². The van der Waals surface area contributed by atoms with Crippen LogP contribution in [0.3, 0.4) is 0 Å². The Bertz CT molecular complexity index is 1740. The molecule has 5 aromatic carbocycles. The third-order valence-electron chi connectivity index (χ3n) is 6.16. The van der Waals surface area contributed by atoms with Crippen molar-refractivity contribution >= 4 is 54.5 Å². The highest BCUT2D eigenvalue weighted by Gasteiger charge is 2.16. The Hall–Kier alpha value is -4.04. The molecule has 0 fully saturated rings. The van der Waals surface area contributed by atoms with Gasteiger partial charge in [-0.2, -0.15) is 0 Å². The van der Waals surface area contributed by atoms with E-state index in [1.807, 2.05) is 12.1 Å². The summed E-state index contributed by atoms with van der Waals surface area (Å²) >= 11 is 0. The molecule has 140 valence electrons. The van der Waals surface area contributed by atoms with Crippen molar-refractivity contribution in [3.63, 3.8) is 0 Å². The summed E-state index contributed by atoms with van der Waals surface area (Å²) in [6, 6.07) is 36.5. The van der Waals surface area contributed by atoms with E-state index in [0.717, 1.165) is 11.2 Å². The van der Waals surface area contributed by atoms with Crippen LogP contribution in [0.2, 0.25) is 0 Å². The van der Waals surface area contributed by atoms with Crippen LogP contribution in [0.4, 0.5) is 0 Å². The standard InChI is InChI=1S/C28H17NO/c1-2-8-19(9-3-1)29-24-12-6-4-10-20(24)23-17-22-18(16-25(23)29)14-15-27-28(22)21-11-5-7-13-26(21)30-27/h1-17H. The molecule has 2 heterocycles. The zero-order valence-electron chi connectivity index (χ0n) is 16.2. The van der Waals surface area contributed by atoms with Crippen LogP contribution in [-0.4, -0.2) is 4.57 Å². The lowest BCUT2D eigenvalue weighted by Crippen LogP contribution is -1.92. The summed E-state index contributed by atoms with van der Waals surface area (Å²) in [5.74, 6) is 0. The molecule has 0 aliphatic rings. The molecule has 0 unspecified atom stereocenters. The first-order chi connectivity index (χ1) is 14.9. The smallest absolute Gasteiger partial charge is 0.136 e. The number of para-hydroxylation sites is 3. The average Bonchev–Trinajstić information content (AvgIpc) is 3.34. The van der Waals surface area contributed by atoms with Crippen LogP contribution in [0.1, 0.15) is 0 Å². The van der Waals surface area contributed by atoms with Gasteiger partial charge in [0.15, 0.2) is 0 Å². The van der Waals surface area contributed by atoms with E-state index in [9.17, 15) is 0 Å². The van der Waals surface area contributed by atoms with Crippen molar-refractivity contribution in [1.29, 1.82) is 0 Å². The predicted molar refractivity (Wildman–Crippen MR) is 126 cm³/mol. The quantitative estimate of drug-likeness (QED) is 0.282. The van der Waals surface area contributed by atoms with Crippen molar-refractivity contribution in [2.24, 2.45) is 0 Å². The molecule has 0 bridgehead atoms. The molecule has 7 rings (SSSR count). The largest absolute Gasteiger partial charge is 0.456 e. The molecule has 0 N–H and O–H groups in total. The van der Waals surface area contributed by atoms with Crippen LogP contribution >= 0.6 is 0 Å². The lowest BCUT2D eigenvalue weighted by Gasteiger charge is -2.08. The van der Waals surface area contributed by atoms with E-state index >= 15 is 0 Å². The lowest BCUT2D eigenvalue weighted by atomic mass is 10.0. The van der Waals surface area contributed by atoms with Crippen molar-refractivity contribution < 1.29 is 4.42 Å². The second-order valence-corrected chi connectivity index (χ2v) is 7.82. The molecule has 2 nitrogen and oxygen atoms in total. The topological polar surface area (TPSA) is 18.1 Å². The van der Waals surface area contributed by atoms with Crippen LogP contribution < -0.4 is 0 Å². The predicted octanol–water partition coefficient (Wildman–Crippen LogP) is 7.84.